The van der Waals surface area contributed by atoms with Gasteiger partial charge in [0.05, 0.1) is 24.7 Å². The molecular weight excluding hydrogens is 304 g/mol. The smallest absolute Gasteiger partial charge is 0.315 e. The number of urea groups is 1. The van der Waals surface area contributed by atoms with Crippen molar-refractivity contribution in [2.45, 2.75) is 37.9 Å². The number of benzene rings is 1. The lowest BCUT2D eigenvalue weighted by Crippen LogP contribution is -2.54. The van der Waals surface area contributed by atoms with E-state index in [0.29, 0.717) is 12.5 Å². The lowest BCUT2D eigenvalue weighted by Gasteiger charge is -2.30. The highest BCUT2D eigenvalue weighted by molar-refractivity contribution is 5.75. The predicted molar refractivity (Wildman–Crippen MR) is 91.3 cm³/mol. The average molecular weight is 328 g/mol. The summed E-state index contributed by atoms with van der Waals surface area (Å²) in [6.07, 6.45) is 5.69. The fourth-order valence-corrected chi connectivity index (χ4v) is 2.96. The number of amides is 2. The number of aliphatic hydroxyl groups is 1. The van der Waals surface area contributed by atoms with Gasteiger partial charge in [-0.1, -0.05) is 30.3 Å². The summed E-state index contributed by atoms with van der Waals surface area (Å²) >= 11 is 0. The lowest BCUT2D eigenvalue weighted by atomic mass is 9.97. The Labute approximate surface area is 141 Å². The number of hydrogen-bond acceptors (Lipinski definition) is 3. The third kappa shape index (κ3) is 3.94. The van der Waals surface area contributed by atoms with Gasteiger partial charge >= 0.3 is 6.03 Å². The summed E-state index contributed by atoms with van der Waals surface area (Å²) in [5.74, 6) is 0.356. The van der Waals surface area contributed by atoms with E-state index in [-0.39, 0.29) is 18.7 Å². The van der Waals surface area contributed by atoms with Crippen molar-refractivity contribution in [3.8, 4) is 0 Å². The van der Waals surface area contributed by atoms with Crippen molar-refractivity contribution in [3.05, 3.63) is 54.4 Å². The molecule has 0 spiro atoms. The number of nitrogens with one attached hydrogen (secondary N) is 2. The largest absolute Gasteiger partial charge is 0.394 e. The SMILES string of the molecule is CC(CO)(NC(=O)NC(Cn1cccn1)c1ccccc1)C1CC1. The molecule has 3 N–H and O–H groups in total. The van der Waals surface area contributed by atoms with Crippen LogP contribution in [0.5, 0.6) is 0 Å². The second-order valence-electron chi connectivity index (χ2n) is 6.64. The molecular formula is C18H24N4O2. The third-order valence-corrected chi connectivity index (χ3v) is 4.64. The van der Waals surface area contributed by atoms with Crippen molar-refractivity contribution in [2.24, 2.45) is 5.92 Å². The van der Waals surface area contributed by atoms with E-state index in [4.69, 9.17) is 0 Å². The normalized spacial score (nSPS) is 17.8. The summed E-state index contributed by atoms with van der Waals surface area (Å²) in [5.41, 5.74) is 0.456. The first kappa shape index (κ1) is 16.5. The molecule has 24 heavy (non-hydrogen) atoms. The van der Waals surface area contributed by atoms with Gasteiger partial charge in [0.1, 0.15) is 0 Å². The van der Waals surface area contributed by atoms with Gasteiger partial charge in [-0.3, -0.25) is 4.68 Å². The molecule has 1 fully saturated rings. The molecule has 0 saturated heterocycles. The number of rotatable bonds is 7. The number of carbonyl (C=O) groups excluding carboxylic acids is 1. The van der Waals surface area contributed by atoms with Crippen molar-refractivity contribution in [2.75, 3.05) is 6.61 Å². The van der Waals surface area contributed by atoms with Crippen molar-refractivity contribution < 1.29 is 9.90 Å². The molecule has 3 rings (SSSR count). The fourth-order valence-electron chi connectivity index (χ4n) is 2.96. The van der Waals surface area contributed by atoms with E-state index in [1.807, 2.05) is 49.5 Å². The number of carbonyl (C=O) groups is 1. The molecule has 1 heterocycles. The molecule has 0 radical (unpaired) electrons. The first-order chi connectivity index (χ1) is 11.6. The fraction of sp³-hybridized carbons (Fsp3) is 0.444. The molecule has 1 aliphatic rings. The minimum Gasteiger partial charge on any atom is -0.394 e. The van der Waals surface area contributed by atoms with E-state index in [1.54, 1.807) is 10.9 Å². The van der Waals surface area contributed by atoms with Gasteiger partial charge in [-0.15, -0.1) is 0 Å². The molecule has 2 amide bonds. The van der Waals surface area contributed by atoms with Crippen LogP contribution in [0, 0.1) is 5.92 Å². The molecule has 0 aliphatic heterocycles. The molecule has 0 bridgehead atoms. The maximum absolute atomic E-state index is 12.5. The van der Waals surface area contributed by atoms with Crippen molar-refractivity contribution in [3.63, 3.8) is 0 Å². The van der Waals surface area contributed by atoms with E-state index in [1.165, 1.54) is 0 Å². The van der Waals surface area contributed by atoms with Crippen LogP contribution in [-0.2, 0) is 6.54 Å². The number of aliphatic hydroxyl groups excluding tert-OH is 1. The van der Waals surface area contributed by atoms with Crippen LogP contribution in [0.3, 0.4) is 0 Å². The van der Waals surface area contributed by atoms with Gasteiger partial charge in [0, 0.05) is 12.4 Å². The number of nitrogens with zero attached hydrogens (tertiary/aromatic N) is 2. The second kappa shape index (κ2) is 7.05. The van der Waals surface area contributed by atoms with E-state index >= 15 is 0 Å². The Morgan fingerprint density at radius 2 is 2.12 bits per heavy atom. The molecule has 1 saturated carbocycles. The molecule has 2 unspecified atom stereocenters. The maximum atomic E-state index is 12.5. The van der Waals surface area contributed by atoms with E-state index in [9.17, 15) is 9.90 Å². The van der Waals surface area contributed by atoms with Crippen LogP contribution in [0.1, 0.15) is 31.4 Å². The van der Waals surface area contributed by atoms with Crippen LogP contribution >= 0.6 is 0 Å². The van der Waals surface area contributed by atoms with Crippen LogP contribution in [0.4, 0.5) is 4.79 Å². The van der Waals surface area contributed by atoms with Gasteiger partial charge in [0.2, 0.25) is 0 Å². The summed E-state index contributed by atoms with van der Waals surface area (Å²) in [6.45, 7) is 2.39. The van der Waals surface area contributed by atoms with Crippen LogP contribution < -0.4 is 10.6 Å². The molecule has 128 valence electrons. The highest BCUT2D eigenvalue weighted by Crippen LogP contribution is 2.39. The molecule has 1 aliphatic carbocycles. The summed E-state index contributed by atoms with van der Waals surface area (Å²) in [5, 5.41) is 19.8. The Morgan fingerprint density at radius 1 is 1.38 bits per heavy atom. The average Bonchev–Trinajstić information content (AvgIpc) is 3.34. The first-order valence-electron chi connectivity index (χ1n) is 8.32. The van der Waals surface area contributed by atoms with Crippen LogP contribution in [0.15, 0.2) is 48.8 Å². The van der Waals surface area contributed by atoms with Crippen LogP contribution in [0.25, 0.3) is 0 Å². The Morgan fingerprint density at radius 3 is 2.71 bits per heavy atom. The molecule has 2 atom stereocenters. The highest BCUT2D eigenvalue weighted by atomic mass is 16.3. The third-order valence-electron chi connectivity index (χ3n) is 4.64. The molecule has 6 heteroatoms. The van der Waals surface area contributed by atoms with Gasteiger partial charge < -0.3 is 15.7 Å². The summed E-state index contributed by atoms with van der Waals surface area (Å²) in [4.78, 5) is 12.5. The van der Waals surface area contributed by atoms with Gasteiger partial charge in [-0.25, -0.2) is 4.79 Å². The topological polar surface area (TPSA) is 79.2 Å². The minimum atomic E-state index is -0.559. The lowest BCUT2D eigenvalue weighted by molar-refractivity contribution is 0.153. The van der Waals surface area contributed by atoms with Gasteiger partial charge in [-0.05, 0) is 37.3 Å². The minimum absolute atomic E-state index is 0.0553. The Bertz CT molecular complexity index is 655. The van der Waals surface area contributed by atoms with Gasteiger partial charge in [0.25, 0.3) is 0 Å². The highest BCUT2D eigenvalue weighted by Gasteiger charge is 2.42. The van der Waals surface area contributed by atoms with E-state index in [2.05, 4.69) is 15.7 Å². The molecule has 1 aromatic heterocycles. The zero-order chi connectivity index (χ0) is 17.0. The molecule has 2 aromatic rings. The van der Waals surface area contributed by atoms with Gasteiger partial charge in [-0.2, -0.15) is 5.10 Å². The Balaban J connectivity index is 1.70. The van der Waals surface area contributed by atoms with E-state index in [0.717, 1.165) is 18.4 Å². The second-order valence-corrected chi connectivity index (χ2v) is 6.64. The standard InChI is InChI=1S/C18H24N4O2/c1-18(13-23,15-8-9-15)21-17(24)20-16(12-22-11-5-10-19-22)14-6-3-2-4-7-14/h2-7,10-11,15-16,23H,8-9,12-13H2,1H3,(H2,20,21,24). The molecule has 6 nitrogen and oxygen atoms in total. The van der Waals surface area contributed by atoms with Gasteiger partial charge in [0.15, 0.2) is 0 Å². The monoisotopic (exact) mass is 328 g/mol. The summed E-state index contributed by atoms with van der Waals surface area (Å²) in [6, 6.07) is 11.2. The Kier molecular flexibility index (Phi) is 4.85. The van der Waals surface area contributed by atoms with E-state index < -0.39 is 5.54 Å². The number of aromatic nitrogens is 2. The maximum Gasteiger partial charge on any atom is 0.315 e. The quantitative estimate of drug-likeness (QED) is 0.728. The zero-order valence-corrected chi connectivity index (χ0v) is 13.9. The Hall–Kier alpha value is -2.34. The van der Waals surface area contributed by atoms with Crippen LogP contribution in [-0.4, -0.2) is 33.1 Å². The first-order valence-corrected chi connectivity index (χ1v) is 8.32. The number of hydrogen-bond donors (Lipinski definition) is 3. The van der Waals surface area contributed by atoms with Crippen molar-refractivity contribution in [1.82, 2.24) is 20.4 Å². The summed E-state index contributed by atoms with van der Waals surface area (Å²) < 4.78 is 1.80. The summed E-state index contributed by atoms with van der Waals surface area (Å²) in [7, 11) is 0. The molecule has 1 aromatic carbocycles. The van der Waals surface area contributed by atoms with Crippen molar-refractivity contribution in [1.29, 1.82) is 0 Å². The zero-order valence-electron chi connectivity index (χ0n) is 13.9. The predicted octanol–water partition coefficient (Wildman–Crippen LogP) is 2.08. The van der Waals surface area contributed by atoms with Crippen LogP contribution in [0.2, 0.25) is 0 Å². The van der Waals surface area contributed by atoms with Crippen molar-refractivity contribution >= 4 is 6.03 Å².